The van der Waals surface area contributed by atoms with E-state index < -0.39 is 0 Å². The van der Waals surface area contributed by atoms with E-state index in [1.807, 2.05) is 0 Å². The van der Waals surface area contributed by atoms with E-state index in [1.165, 1.54) is 11.1 Å². The van der Waals surface area contributed by atoms with Gasteiger partial charge in [-0.1, -0.05) is 25.5 Å². The molecule has 0 N–H and O–H groups in total. The molecule has 2 rings (SSSR count). The molecular formula is C16H22O2. The third-order valence-corrected chi connectivity index (χ3v) is 3.84. The van der Waals surface area contributed by atoms with Crippen molar-refractivity contribution >= 4 is 5.78 Å². The fraction of sp³-hybridized carbons (Fsp3) is 0.562. The molecule has 0 bridgehead atoms. The first-order valence-electron chi connectivity index (χ1n) is 6.93. The molecule has 0 aliphatic heterocycles. The van der Waals surface area contributed by atoms with Gasteiger partial charge in [-0.05, 0) is 42.4 Å². The van der Waals surface area contributed by atoms with Gasteiger partial charge < -0.3 is 4.74 Å². The summed E-state index contributed by atoms with van der Waals surface area (Å²) in [5.41, 5.74) is 2.68. The lowest BCUT2D eigenvalue weighted by Crippen LogP contribution is -2.12. The summed E-state index contributed by atoms with van der Waals surface area (Å²) in [4.78, 5) is 11.3. The lowest BCUT2D eigenvalue weighted by molar-refractivity contribution is -0.120. The summed E-state index contributed by atoms with van der Waals surface area (Å²) < 4.78 is 5.40. The Morgan fingerprint density at radius 2 is 2.00 bits per heavy atom. The highest BCUT2D eigenvalue weighted by atomic mass is 16.5. The van der Waals surface area contributed by atoms with Crippen LogP contribution in [-0.2, 0) is 11.2 Å². The Bertz CT molecular complexity index is 413. The Morgan fingerprint density at radius 1 is 1.28 bits per heavy atom. The minimum atomic E-state index is 0.425. The average Bonchev–Trinajstić information content (AvgIpc) is 2.40. The van der Waals surface area contributed by atoms with Crippen molar-refractivity contribution in [2.24, 2.45) is 0 Å². The monoisotopic (exact) mass is 246 g/mol. The number of carbonyl (C=O) groups is 1. The summed E-state index contributed by atoms with van der Waals surface area (Å²) >= 11 is 0. The van der Waals surface area contributed by atoms with Crippen LogP contribution < -0.4 is 4.74 Å². The predicted octanol–water partition coefficient (Wildman–Crippen LogP) is 3.87. The smallest absolute Gasteiger partial charge is 0.132 e. The molecule has 1 fully saturated rings. The fourth-order valence-electron chi connectivity index (χ4n) is 2.79. The lowest BCUT2D eigenvalue weighted by Gasteiger charge is -2.22. The first-order valence-corrected chi connectivity index (χ1v) is 6.93. The molecule has 0 saturated heterocycles. The number of ether oxygens (including phenoxy) is 1. The molecule has 1 aromatic rings. The molecule has 18 heavy (non-hydrogen) atoms. The van der Waals surface area contributed by atoms with Gasteiger partial charge in [-0.15, -0.1) is 0 Å². The average molecular weight is 246 g/mol. The molecule has 0 unspecified atom stereocenters. The van der Waals surface area contributed by atoms with Crippen LogP contribution in [0.3, 0.4) is 0 Å². The van der Waals surface area contributed by atoms with Crippen LogP contribution in [0, 0.1) is 0 Å². The molecule has 0 radical (unpaired) electrons. The molecular weight excluding hydrogens is 224 g/mol. The minimum Gasteiger partial charge on any atom is -0.496 e. The number of aryl methyl sites for hydroxylation is 1. The second kappa shape index (κ2) is 6.03. The van der Waals surface area contributed by atoms with Gasteiger partial charge in [0.1, 0.15) is 11.5 Å². The van der Waals surface area contributed by atoms with Gasteiger partial charge in [0, 0.05) is 12.8 Å². The molecule has 0 amide bonds. The number of hydrogen-bond donors (Lipinski definition) is 0. The van der Waals surface area contributed by atoms with Crippen LogP contribution >= 0.6 is 0 Å². The topological polar surface area (TPSA) is 26.3 Å². The first-order chi connectivity index (χ1) is 8.74. The van der Waals surface area contributed by atoms with Gasteiger partial charge in [0.25, 0.3) is 0 Å². The fourth-order valence-corrected chi connectivity index (χ4v) is 2.79. The second-order valence-electron chi connectivity index (χ2n) is 5.13. The molecule has 2 nitrogen and oxygen atoms in total. The zero-order valence-corrected chi connectivity index (χ0v) is 11.4. The summed E-state index contributed by atoms with van der Waals surface area (Å²) in [7, 11) is 1.73. The quantitative estimate of drug-likeness (QED) is 0.806. The van der Waals surface area contributed by atoms with Gasteiger partial charge in [0.2, 0.25) is 0 Å². The maximum atomic E-state index is 11.3. The van der Waals surface area contributed by atoms with E-state index in [1.54, 1.807) is 7.11 Å². The van der Waals surface area contributed by atoms with Crippen molar-refractivity contribution in [1.29, 1.82) is 0 Å². The van der Waals surface area contributed by atoms with Gasteiger partial charge in [-0.2, -0.15) is 0 Å². The standard InChI is InChI=1S/C16H22O2/c1-3-4-14-11-13(7-10-16(14)18-2)12-5-8-15(17)9-6-12/h7,10-12H,3-6,8-9H2,1-2H3. The van der Waals surface area contributed by atoms with Gasteiger partial charge in [-0.3, -0.25) is 4.79 Å². The summed E-state index contributed by atoms with van der Waals surface area (Å²) in [6, 6.07) is 6.53. The van der Waals surface area contributed by atoms with Crippen molar-refractivity contribution < 1.29 is 9.53 Å². The van der Waals surface area contributed by atoms with Crippen molar-refractivity contribution in [2.75, 3.05) is 7.11 Å². The highest BCUT2D eigenvalue weighted by molar-refractivity contribution is 5.79. The van der Waals surface area contributed by atoms with Crippen LogP contribution in [0.4, 0.5) is 0 Å². The molecule has 98 valence electrons. The molecule has 0 aromatic heterocycles. The summed E-state index contributed by atoms with van der Waals surface area (Å²) in [6.45, 7) is 2.19. The number of Topliss-reactive ketones (excluding diaryl/α,β-unsaturated/α-hetero) is 1. The minimum absolute atomic E-state index is 0.425. The number of methoxy groups -OCH3 is 1. The van der Waals surface area contributed by atoms with Gasteiger partial charge in [0.15, 0.2) is 0 Å². The van der Waals surface area contributed by atoms with Gasteiger partial charge in [-0.25, -0.2) is 0 Å². The summed E-state index contributed by atoms with van der Waals surface area (Å²) in [5.74, 6) is 1.98. The van der Waals surface area contributed by atoms with E-state index in [2.05, 4.69) is 25.1 Å². The van der Waals surface area contributed by atoms with Gasteiger partial charge >= 0.3 is 0 Å². The van der Waals surface area contributed by atoms with Crippen molar-refractivity contribution in [2.45, 2.75) is 51.4 Å². The van der Waals surface area contributed by atoms with Crippen LogP contribution in [0.2, 0.25) is 0 Å². The van der Waals surface area contributed by atoms with E-state index in [-0.39, 0.29) is 0 Å². The predicted molar refractivity (Wildman–Crippen MR) is 73.2 cm³/mol. The number of ketones is 1. The largest absolute Gasteiger partial charge is 0.496 e. The Hall–Kier alpha value is -1.31. The number of rotatable bonds is 4. The van der Waals surface area contributed by atoms with E-state index >= 15 is 0 Å². The van der Waals surface area contributed by atoms with E-state index in [0.29, 0.717) is 11.7 Å². The van der Waals surface area contributed by atoms with Crippen molar-refractivity contribution in [3.05, 3.63) is 29.3 Å². The van der Waals surface area contributed by atoms with E-state index in [9.17, 15) is 4.79 Å². The molecule has 2 heteroatoms. The number of benzene rings is 1. The molecule has 1 aromatic carbocycles. The number of hydrogen-bond acceptors (Lipinski definition) is 2. The normalized spacial score (nSPS) is 16.9. The van der Waals surface area contributed by atoms with Crippen LogP contribution in [0.15, 0.2) is 18.2 Å². The summed E-state index contributed by atoms with van der Waals surface area (Å²) in [5, 5.41) is 0. The van der Waals surface area contributed by atoms with Crippen LogP contribution in [0.1, 0.15) is 56.1 Å². The van der Waals surface area contributed by atoms with Crippen molar-refractivity contribution in [1.82, 2.24) is 0 Å². The Labute approximate surface area is 109 Å². The Morgan fingerprint density at radius 3 is 2.61 bits per heavy atom. The molecule has 1 aliphatic carbocycles. The van der Waals surface area contributed by atoms with Crippen molar-refractivity contribution in [3.63, 3.8) is 0 Å². The highest BCUT2D eigenvalue weighted by Crippen LogP contribution is 2.33. The van der Waals surface area contributed by atoms with Crippen LogP contribution in [-0.4, -0.2) is 12.9 Å². The second-order valence-corrected chi connectivity index (χ2v) is 5.13. The van der Waals surface area contributed by atoms with E-state index in [4.69, 9.17) is 4.74 Å². The zero-order valence-electron chi connectivity index (χ0n) is 11.4. The van der Waals surface area contributed by atoms with E-state index in [0.717, 1.165) is 44.3 Å². The lowest BCUT2D eigenvalue weighted by atomic mass is 9.83. The molecule has 0 spiro atoms. The Balaban J connectivity index is 2.18. The highest BCUT2D eigenvalue weighted by Gasteiger charge is 2.20. The molecule has 0 atom stereocenters. The Kier molecular flexibility index (Phi) is 4.40. The third-order valence-electron chi connectivity index (χ3n) is 3.84. The first kappa shape index (κ1) is 13.1. The number of carbonyl (C=O) groups excluding carboxylic acids is 1. The third kappa shape index (κ3) is 2.92. The SMILES string of the molecule is CCCc1cc(C2CCC(=O)CC2)ccc1OC. The van der Waals surface area contributed by atoms with Crippen LogP contribution in [0.5, 0.6) is 5.75 Å². The van der Waals surface area contributed by atoms with Crippen LogP contribution in [0.25, 0.3) is 0 Å². The van der Waals surface area contributed by atoms with Gasteiger partial charge in [0.05, 0.1) is 7.11 Å². The zero-order chi connectivity index (χ0) is 13.0. The molecule has 1 aliphatic rings. The molecule has 0 heterocycles. The maximum Gasteiger partial charge on any atom is 0.132 e. The molecule has 1 saturated carbocycles. The van der Waals surface area contributed by atoms with Crippen molar-refractivity contribution in [3.8, 4) is 5.75 Å². The summed E-state index contributed by atoms with van der Waals surface area (Å²) in [6.07, 6.45) is 5.71. The maximum absolute atomic E-state index is 11.3.